The molecule has 0 spiro atoms. The number of anilines is 1. The van der Waals surface area contributed by atoms with Gasteiger partial charge in [0.2, 0.25) is 0 Å². The molecule has 10 nitrogen and oxygen atoms in total. The summed E-state index contributed by atoms with van der Waals surface area (Å²) in [5, 5.41) is 6.53. The molecule has 4 N–H and O–H groups in total. The number of rotatable bonds is 10. The average molecular weight is 621 g/mol. The number of benzene rings is 2. The van der Waals surface area contributed by atoms with Crippen LogP contribution in [0.1, 0.15) is 53.7 Å². The smallest absolute Gasteiger partial charge is 0.297 e. The highest BCUT2D eigenvalue weighted by Gasteiger charge is 2.34. The van der Waals surface area contributed by atoms with Crippen molar-refractivity contribution in [3.05, 3.63) is 88.0 Å². The molecular formula is C33H44N6O4S. The first-order valence-corrected chi connectivity index (χ1v) is 17.6. The summed E-state index contributed by atoms with van der Waals surface area (Å²) in [5.74, 6) is 1.34. The van der Waals surface area contributed by atoms with E-state index >= 15 is 0 Å². The second-order valence-electron chi connectivity index (χ2n) is 12.7. The molecule has 3 heterocycles. The molecule has 3 atom stereocenters. The third kappa shape index (κ3) is 7.18. The first kappa shape index (κ1) is 30.8. The average Bonchev–Trinajstić information content (AvgIpc) is 3.76. The van der Waals surface area contributed by atoms with Crippen LogP contribution in [0.5, 0.6) is 0 Å². The number of nitrogens with one attached hydrogen (secondary N) is 2. The zero-order valence-electron chi connectivity index (χ0n) is 25.6. The molecule has 6 rings (SSSR count). The van der Waals surface area contributed by atoms with E-state index in [9.17, 15) is 18.7 Å². The van der Waals surface area contributed by atoms with Crippen molar-refractivity contribution in [3.8, 4) is 5.69 Å². The number of amides is 1. The van der Waals surface area contributed by atoms with Crippen LogP contribution in [0.25, 0.3) is 5.69 Å². The molecule has 2 aromatic carbocycles. The Balaban J connectivity index is 1.18. The van der Waals surface area contributed by atoms with Crippen LogP contribution in [0.3, 0.4) is 0 Å². The lowest BCUT2D eigenvalue weighted by molar-refractivity contribution is 0.0927. The zero-order chi connectivity index (χ0) is 30.8. The van der Waals surface area contributed by atoms with Gasteiger partial charge in [-0.25, -0.2) is 4.98 Å². The van der Waals surface area contributed by atoms with E-state index in [-0.39, 0.29) is 41.3 Å². The number of piperazine rings is 1. The normalized spacial score (nSPS) is 22.7. The van der Waals surface area contributed by atoms with Crippen molar-refractivity contribution < 1.29 is 13.9 Å². The van der Waals surface area contributed by atoms with E-state index in [0.717, 1.165) is 63.1 Å². The molecule has 1 aromatic heterocycles. The summed E-state index contributed by atoms with van der Waals surface area (Å²) in [6.45, 7) is 8.65. The largest absolute Gasteiger partial charge is 0.358 e. The van der Waals surface area contributed by atoms with Crippen molar-refractivity contribution in [3.63, 3.8) is 0 Å². The van der Waals surface area contributed by atoms with E-state index in [2.05, 4.69) is 44.5 Å². The number of hydrogen-bond donors (Lipinski definition) is 4. The van der Waals surface area contributed by atoms with E-state index in [4.69, 9.17) is 0 Å². The molecule has 11 heteroatoms. The standard InChI is InChI=1S/C33H44N6O4S/c1-23-8-9-26(32(40)35-27-10-11-27)20-29(23)39-14-13-34-31(33(39)41)36-30(25-6-4-3-5-7-25)24(2)21-37-15-17-38(18-16-37)28-12-19-44(42,43)22-28/h3-9,13-14,20,24,27-28,30,42-43H,10-12,15-19,21-22H2,1-2H3,(H,34,36)(H,35,40)/t24-,28?,30-/m1/s1. The molecular weight excluding hydrogens is 576 g/mol. The number of carbonyl (C=O) groups excluding carboxylic acids is 1. The van der Waals surface area contributed by atoms with Gasteiger partial charge in [-0.15, -0.1) is 0 Å². The maximum atomic E-state index is 13.9. The Kier molecular flexibility index (Phi) is 9.11. The highest BCUT2D eigenvalue weighted by molar-refractivity contribution is 8.24. The molecule has 3 fully saturated rings. The quantitative estimate of drug-likeness (QED) is 0.264. The number of carbonyl (C=O) groups is 1. The number of hydrogen-bond acceptors (Lipinski definition) is 8. The number of aromatic nitrogens is 2. The SMILES string of the molecule is Cc1ccc(C(=O)NC2CC2)cc1-n1ccnc(N[C@@H](c2ccccc2)[C@H](C)CN2CCN(C3CCS(O)(O)C3)CC2)c1=O. The van der Waals surface area contributed by atoms with Crippen LogP contribution >= 0.6 is 10.6 Å². The summed E-state index contributed by atoms with van der Waals surface area (Å²) in [4.78, 5) is 36.0. The van der Waals surface area contributed by atoms with Gasteiger partial charge in [0.25, 0.3) is 11.5 Å². The summed E-state index contributed by atoms with van der Waals surface area (Å²) in [6, 6.07) is 16.0. The lowest BCUT2D eigenvalue weighted by atomic mass is 9.93. The van der Waals surface area contributed by atoms with Crippen LogP contribution in [0.15, 0.2) is 65.7 Å². The minimum absolute atomic E-state index is 0.118. The summed E-state index contributed by atoms with van der Waals surface area (Å²) >= 11 is 0. The molecule has 3 aliphatic rings. The lowest BCUT2D eigenvalue weighted by Crippen LogP contribution is -2.51. The van der Waals surface area contributed by atoms with Crippen molar-refractivity contribution >= 4 is 22.3 Å². The van der Waals surface area contributed by atoms with E-state index in [1.807, 2.05) is 31.2 Å². The Morgan fingerprint density at radius 2 is 1.82 bits per heavy atom. The molecule has 1 unspecified atom stereocenters. The van der Waals surface area contributed by atoms with Crippen LogP contribution in [0.2, 0.25) is 0 Å². The van der Waals surface area contributed by atoms with Crippen LogP contribution < -0.4 is 16.2 Å². The van der Waals surface area contributed by atoms with Crippen molar-refractivity contribution in [1.29, 1.82) is 0 Å². The fourth-order valence-electron chi connectivity index (χ4n) is 6.48. The van der Waals surface area contributed by atoms with E-state index in [0.29, 0.717) is 22.8 Å². The molecule has 1 aliphatic carbocycles. The van der Waals surface area contributed by atoms with Crippen molar-refractivity contribution in [2.45, 2.75) is 51.2 Å². The van der Waals surface area contributed by atoms with Crippen LogP contribution in [0.4, 0.5) is 5.82 Å². The third-order valence-electron chi connectivity index (χ3n) is 9.21. The predicted octanol–water partition coefficient (Wildman–Crippen LogP) is 4.36. The highest BCUT2D eigenvalue weighted by Crippen LogP contribution is 2.47. The summed E-state index contributed by atoms with van der Waals surface area (Å²) in [5.41, 5.74) is 2.91. The molecule has 3 aromatic rings. The molecule has 236 valence electrons. The predicted molar refractivity (Wildman–Crippen MR) is 176 cm³/mol. The van der Waals surface area contributed by atoms with Crippen molar-refractivity contribution in [2.24, 2.45) is 5.92 Å². The van der Waals surface area contributed by atoms with Gasteiger partial charge >= 0.3 is 0 Å². The van der Waals surface area contributed by atoms with Crippen LogP contribution in [-0.2, 0) is 0 Å². The van der Waals surface area contributed by atoms with Gasteiger partial charge in [-0.2, -0.15) is 10.6 Å². The molecule has 44 heavy (non-hydrogen) atoms. The van der Waals surface area contributed by atoms with E-state index < -0.39 is 10.6 Å². The molecule has 1 saturated carbocycles. The van der Waals surface area contributed by atoms with Gasteiger partial charge in [0.1, 0.15) is 0 Å². The van der Waals surface area contributed by atoms with Crippen LogP contribution in [0, 0.1) is 12.8 Å². The maximum Gasteiger partial charge on any atom is 0.297 e. The van der Waals surface area contributed by atoms with Gasteiger partial charge < -0.3 is 15.5 Å². The molecule has 0 radical (unpaired) electrons. The highest BCUT2D eigenvalue weighted by atomic mass is 32.3. The zero-order valence-corrected chi connectivity index (χ0v) is 26.4. The van der Waals surface area contributed by atoms with Gasteiger partial charge in [0.05, 0.1) is 17.5 Å². The first-order chi connectivity index (χ1) is 21.2. The fraction of sp³-hybridized carbons (Fsp3) is 0.485. The van der Waals surface area contributed by atoms with Crippen molar-refractivity contribution in [2.75, 3.05) is 49.5 Å². The fourth-order valence-corrected chi connectivity index (χ4v) is 8.29. The van der Waals surface area contributed by atoms with E-state index in [1.54, 1.807) is 29.1 Å². The summed E-state index contributed by atoms with van der Waals surface area (Å²) in [7, 11) is -2.40. The summed E-state index contributed by atoms with van der Waals surface area (Å²) < 4.78 is 21.7. The molecule has 1 amide bonds. The topological polar surface area (TPSA) is 123 Å². The monoisotopic (exact) mass is 620 g/mol. The van der Waals surface area contributed by atoms with Gasteiger partial charge in [0, 0.05) is 68.5 Å². The number of aryl methyl sites for hydroxylation is 1. The van der Waals surface area contributed by atoms with Gasteiger partial charge in [0.15, 0.2) is 5.82 Å². The van der Waals surface area contributed by atoms with E-state index in [1.165, 1.54) is 0 Å². The Morgan fingerprint density at radius 1 is 1.07 bits per heavy atom. The lowest BCUT2D eigenvalue weighted by Gasteiger charge is -2.40. The third-order valence-corrected chi connectivity index (χ3v) is 11.0. The Hall–Kier alpha value is -3.22. The first-order valence-electron chi connectivity index (χ1n) is 15.7. The Labute approximate surface area is 260 Å². The Bertz CT molecular complexity index is 1520. The Morgan fingerprint density at radius 3 is 2.50 bits per heavy atom. The maximum absolute atomic E-state index is 13.9. The number of nitrogens with zero attached hydrogens (tertiary/aromatic N) is 4. The van der Waals surface area contributed by atoms with Gasteiger partial charge in [-0.3, -0.25) is 28.2 Å². The molecule has 2 aliphatic heterocycles. The van der Waals surface area contributed by atoms with Gasteiger partial charge in [-0.05, 0) is 55.4 Å². The minimum Gasteiger partial charge on any atom is -0.358 e. The second-order valence-corrected chi connectivity index (χ2v) is 15.0. The summed E-state index contributed by atoms with van der Waals surface area (Å²) in [6.07, 6.45) is 6.17. The second kappa shape index (κ2) is 13.0. The molecule has 0 bridgehead atoms. The molecule has 2 saturated heterocycles. The minimum atomic E-state index is -2.40. The van der Waals surface area contributed by atoms with Gasteiger partial charge in [-0.1, -0.05) is 43.3 Å². The van der Waals surface area contributed by atoms with Crippen molar-refractivity contribution in [1.82, 2.24) is 24.7 Å². The van der Waals surface area contributed by atoms with Crippen LogP contribution in [-0.4, -0.2) is 90.7 Å².